The van der Waals surface area contributed by atoms with Gasteiger partial charge >= 0.3 is 0 Å². The third-order valence-electron chi connectivity index (χ3n) is 2.70. The molecule has 1 atom stereocenters. The minimum Gasteiger partial charge on any atom is -0.388 e. The van der Waals surface area contributed by atoms with Gasteiger partial charge in [-0.15, -0.1) is 11.3 Å². The highest BCUT2D eigenvalue weighted by Gasteiger charge is 2.07. The van der Waals surface area contributed by atoms with Gasteiger partial charge in [0.05, 0.1) is 6.10 Å². The van der Waals surface area contributed by atoms with Crippen LogP contribution < -0.4 is 0 Å². The average molecular weight is 226 g/mol. The van der Waals surface area contributed by atoms with Crippen molar-refractivity contribution in [2.24, 2.45) is 0 Å². The van der Waals surface area contributed by atoms with Crippen molar-refractivity contribution in [3.05, 3.63) is 22.4 Å². The molecule has 15 heavy (non-hydrogen) atoms. The normalized spacial score (nSPS) is 12.9. The van der Waals surface area contributed by atoms with Crippen LogP contribution in [0.15, 0.2) is 17.5 Å². The van der Waals surface area contributed by atoms with Gasteiger partial charge in [0.2, 0.25) is 0 Å². The molecule has 1 heterocycles. The summed E-state index contributed by atoms with van der Waals surface area (Å²) >= 11 is 1.65. The number of hydrogen-bond acceptors (Lipinski definition) is 2. The predicted molar refractivity (Wildman–Crippen MR) is 67.3 cm³/mol. The molecule has 0 radical (unpaired) electrons. The first-order valence-electron chi connectivity index (χ1n) is 6.06. The average Bonchev–Trinajstić information content (AvgIpc) is 2.76. The maximum Gasteiger partial charge on any atom is 0.0882 e. The SMILES string of the molecule is CCCCCCCCC(O)c1cccs1. The van der Waals surface area contributed by atoms with Crippen molar-refractivity contribution in [1.29, 1.82) is 0 Å². The first kappa shape index (κ1) is 12.7. The lowest BCUT2D eigenvalue weighted by atomic mass is 10.1. The Hall–Kier alpha value is -0.340. The van der Waals surface area contributed by atoms with Gasteiger partial charge in [0.1, 0.15) is 0 Å². The Kier molecular flexibility index (Phi) is 6.69. The van der Waals surface area contributed by atoms with Crippen LogP contribution in [0.3, 0.4) is 0 Å². The molecule has 0 amide bonds. The summed E-state index contributed by atoms with van der Waals surface area (Å²) in [6, 6.07) is 4.02. The number of aliphatic hydroxyl groups excluding tert-OH is 1. The molecule has 1 nitrogen and oxygen atoms in total. The van der Waals surface area contributed by atoms with E-state index < -0.39 is 0 Å². The lowest BCUT2D eigenvalue weighted by Crippen LogP contribution is -1.94. The Balaban J connectivity index is 2.00. The minimum atomic E-state index is -0.226. The highest BCUT2D eigenvalue weighted by atomic mass is 32.1. The molecule has 86 valence electrons. The van der Waals surface area contributed by atoms with Crippen molar-refractivity contribution in [3.63, 3.8) is 0 Å². The maximum absolute atomic E-state index is 9.82. The second-order valence-corrected chi connectivity index (χ2v) is 5.07. The van der Waals surface area contributed by atoms with Gasteiger partial charge in [-0.25, -0.2) is 0 Å². The highest BCUT2D eigenvalue weighted by molar-refractivity contribution is 7.10. The third-order valence-corrected chi connectivity index (χ3v) is 3.68. The largest absolute Gasteiger partial charge is 0.388 e. The van der Waals surface area contributed by atoms with E-state index in [9.17, 15) is 5.11 Å². The van der Waals surface area contributed by atoms with Gasteiger partial charge in [-0.3, -0.25) is 0 Å². The Labute approximate surface area is 97.2 Å². The molecule has 0 saturated carbocycles. The van der Waals surface area contributed by atoms with Crippen LogP contribution in [0.2, 0.25) is 0 Å². The Bertz CT molecular complexity index is 231. The van der Waals surface area contributed by atoms with Crippen LogP contribution in [-0.4, -0.2) is 5.11 Å². The Morgan fingerprint density at radius 3 is 2.60 bits per heavy atom. The van der Waals surface area contributed by atoms with Crippen LogP contribution in [0.5, 0.6) is 0 Å². The Morgan fingerprint density at radius 1 is 1.20 bits per heavy atom. The van der Waals surface area contributed by atoms with Gasteiger partial charge < -0.3 is 5.11 Å². The molecule has 0 aliphatic rings. The molecule has 0 bridgehead atoms. The highest BCUT2D eigenvalue weighted by Crippen LogP contribution is 2.23. The summed E-state index contributed by atoms with van der Waals surface area (Å²) in [7, 11) is 0. The van der Waals surface area contributed by atoms with E-state index >= 15 is 0 Å². The molecule has 2 heteroatoms. The van der Waals surface area contributed by atoms with Crippen molar-refractivity contribution in [2.75, 3.05) is 0 Å². The van der Waals surface area contributed by atoms with Crippen molar-refractivity contribution in [1.82, 2.24) is 0 Å². The maximum atomic E-state index is 9.82. The summed E-state index contributed by atoms with van der Waals surface area (Å²) in [4.78, 5) is 1.11. The number of aliphatic hydroxyl groups is 1. The summed E-state index contributed by atoms with van der Waals surface area (Å²) in [5.41, 5.74) is 0. The molecule has 1 unspecified atom stereocenters. The number of thiophene rings is 1. The fraction of sp³-hybridized carbons (Fsp3) is 0.692. The monoisotopic (exact) mass is 226 g/mol. The first-order chi connectivity index (χ1) is 7.34. The van der Waals surface area contributed by atoms with Gasteiger partial charge in [0, 0.05) is 4.88 Å². The zero-order chi connectivity index (χ0) is 10.9. The lowest BCUT2D eigenvalue weighted by Gasteiger charge is -2.07. The number of unbranched alkanes of at least 4 members (excludes halogenated alkanes) is 5. The molecular formula is C13H22OS. The number of rotatable bonds is 8. The van der Waals surface area contributed by atoms with Crippen LogP contribution in [0.25, 0.3) is 0 Å². The van der Waals surface area contributed by atoms with Gasteiger partial charge in [0.25, 0.3) is 0 Å². The van der Waals surface area contributed by atoms with E-state index in [-0.39, 0.29) is 6.10 Å². The van der Waals surface area contributed by atoms with Crippen LogP contribution in [0.1, 0.15) is 62.9 Å². The molecule has 0 saturated heterocycles. The molecule has 1 N–H and O–H groups in total. The topological polar surface area (TPSA) is 20.2 Å². The first-order valence-corrected chi connectivity index (χ1v) is 6.94. The minimum absolute atomic E-state index is 0.226. The summed E-state index contributed by atoms with van der Waals surface area (Å²) in [6.45, 7) is 2.24. The summed E-state index contributed by atoms with van der Waals surface area (Å²) in [6.07, 6.45) is 8.45. The van der Waals surface area contributed by atoms with Crippen molar-refractivity contribution >= 4 is 11.3 Å². The van der Waals surface area contributed by atoms with Crippen molar-refractivity contribution < 1.29 is 5.11 Å². The molecule has 0 aliphatic carbocycles. The second-order valence-electron chi connectivity index (χ2n) is 4.09. The molecule has 0 aromatic carbocycles. The van der Waals surface area contributed by atoms with E-state index in [0.29, 0.717) is 0 Å². The van der Waals surface area contributed by atoms with Gasteiger partial charge in [0.15, 0.2) is 0 Å². The standard InChI is InChI=1S/C13H22OS/c1-2-3-4-5-6-7-9-12(14)13-10-8-11-15-13/h8,10-12,14H,2-7,9H2,1H3. The summed E-state index contributed by atoms with van der Waals surface area (Å²) in [5.74, 6) is 0. The van der Waals surface area contributed by atoms with E-state index in [0.717, 1.165) is 17.7 Å². The van der Waals surface area contributed by atoms with E-state index in [1.54, 1.807) is 11.3 Å². The second kappa shape index (κ2) is 7.89. The van der Waals surface area contributed by atoms with Gasteiger partial charge in [-0.1, -0.05) is 51.5 Å². The summed E-state index contributed by atoms with van der Waals surface area (Å²) < 4.78 is 0. The summed E-state index contributed by atoms with van der Waals surface area (Å²) in [5, 5.41) is 11.9. The molecule has 1 aromatic heterocycles. The molecule has 0 aliphatic heterocycles. The zero-order valence-electron chi connectivity index (χ0n) is 9.61. The lowest BCUT2D eigenvalue weighted by molar-refractivity contribution is 0.167. The van der Waals surface area contributed by atoms with Crippen LogP contribution in [0, 0.1) is 0 Å². The zero-order valence-corrected chi connectivity index (χ0v) is 10.4. The van der Waals surface area contributed by atoms with E-state index in [1.165, 1.54) is 32.1 Å². The molecule has 1 aromatic rings. The van der Waals surface area contributed by atoms with Crippen LogP contribution in [0.4, 0.5) is 0 Å². The smallest absolute Gasteiger partial charge is 0.0882 e. The van der Waals surface area contributed by atoms with Crippen molar-refractivity contribution in [3.8, 4) is 0 Å². The van der Waals surface area contributed by atoms with E-state index in [4.69, 9.17) is 0 Å². The fourth-order valence-electron chi connectivity index (χ4n) is 1.74. The molecule has 0 fully saturated rings. The molecular weight excluding hydrogens is 204 g/mol. The Morgan fingerprint density at radius 2 is 1.93 bits per heavy atom. The van der Waals surface area contributed by atoms with E-state index in [1.807, 2.05) is 17.5 Å². The predicted octanol–water partition coefficient (Wildman–Crippen LogP) is 4.53. The van der Waals surface area contributed by atoms with Gasteiger partial charge in [-0.2, -0.15) is 0 Å². The molecule has 1 rings (SSSR count). The third kappa shape index (κ3) is 5.33. The van der Waals surface area contributed by atoms with Gasteiger partial charge in [-0.05, 0) is 17.9 Å². The van der Waals surface area contributed by atoms with Crippen LogP contribution >= 0.6 is 11.3 Å². The van der Waals surface area contributed by atoms with E-state index in [2.05, 4.69) is 6.92 Å². The molecule has 0 spiro atoms. The van der Waals surface area contributed by atoms with Crippen LogP contribution in [-0.2, 0) is 0 Å². The number of hydrogen-bond donors (Lipinski definition) is 1. The quantitative estimate of drug-likeness (QED) is 0.646. The fourth-order valence-corrected chi connectivity index (χ4v) is 2.49. The van der Waals surface area contributed by atoms with Crippen molar-refractivity contribution in [2.45, 2.75) is 58.0 Å².